The highest BCUT2D eigenvalue weighted by Crippen LogP contribution is 2.17. The molecular weight excluding hydrogens is 274 g/mol. The maximum atomic E-state index is 11.7. The van der Waals surface area contributed by atoms with Crippen LogP contribution in [0.3, 0.4) is 0 Å². The number of halogens is 1. The Hall–Kier alpha value is -1.22. The maximum absolute atomic E-state index is 11.7. The summed E-state index contributed by atoms with van der Waals surface area (Å²) in [5, 5.41) is 3.54. The summed E-state index contributed by atoms with van der Waals surface area (Å²) >= 11 is 5.85. The number of ether oxygens (including phenoxy) is 1. The lowest BCUT2D eigenvalue weighted by atomic mass is 9.99. The predicted molar refractivity (Wildman–Crippen MR) is 83.3 cm³/mol. The van der Waals surface area contributed by atoms with Crippen LogP contribution >= 0.6 is 11.6 Å². The van der Waals surface area contributed by atoms with Crippen LogP contribution < -0.4 is 10.1 Å². The van der Waals surface area contributed by atoms with Crippen molar-refractivity contribution in [1.29, 1.82) is 0 Å². The van der Waals surface area contributed by atoms with E-state index in [4.69, 9.17) is 16.3 Å². The summed E-state index contributed by atoms with van der Waals surface area (Å²) in [6, 6.07) is 7.06. The van der Waals surface area contributed by atoms with E-state index in [0.29, 0.717) is 16.7 Å². The van der Waals surface area contributed by atoms with Gasteiger partial charge in [-0.15, -0.1) is 0 Å². The van der Waals surface area contributed by atoms with E-state index < -0.39 is 0 Å². The molecule has 0 spiro atoms. The number of unbranched alkanes of at least 4 members (excludes halogenated alkanes) is 1. The minimum absolute atomic E-state index is 0.0323. The lowest BCUT2D eigenvalue weighted by Crippen LogP contribution is -2.33. The Balaban J connectivity index is 2.26. The molecule has 0 bridgehead atoms. The van der Waals surface area contributed by atoms with Gasteiger partial charge in [0, 0.05) is 11.6 Å². The SMILES string of the molecule is CCCCC(CC)CNC(=O)COc1cccc(Cl)c1. The fourth-order valence-corrected chi connectivity index (χ4v) is 2.14. The molecule has 0 heterocycles. The van der Waals surface area contributed by atoms with Crippen molar-refractivity contribution >= 4 is 17.5 Å². The zero-order valence-electron chi connectivity index (χ0n) is 12.3. The maximum Gasteiger partial charge on any atom is 0.257 e. The highest BCUT2D eigenvalue weighted by molar-refractivity contribution is 6.30. The number of carbonyl (C=O) groups is 1. The smallest absolute Gasteiger partial charge is 0.257 e. The zero-order chi connectivity index (χ0) is 14.8. The first-order valence-corrected chi connectivity index (χ1v) is 7.68. The van der Waals surface area contributed by atoms with Crippen molar-refractivity contribution in [2.24, 2.45) is 5.92 Å². The van der Waals surface area contributed by atoms with E-state index in [1.807, 2.05) is 0 Å². The first-order chi connectivity index (χ1) is 9.65. The Bertz CT molecular complexity index is 409. The molecule has 112 valence electrons. The van der Waals surface area contributed by atoms with Gasteiger partial charge in [0.05, 0.1) is 0 Å². The molecule has 0 aliphatic rings. The molecule has 1 atom stereocenters. The average molecular weight is 298 g/mol. The van der Waals surface area contributed by atoms with Crippen LogP contribution in [0.1, 0.15) is 39.5 Å². The van der Waals surface area contributed by atoms with Crippen molar-refractivity contribution in [3.8, 4) is 5.75 Å². The highest BCUT2D eigenvalue weighted by Gasteiger charge is 2.08. The van der Waals surface area contributed by atoms with Gasteiger partial charge in [0.15, 0.2) is 6.61 Å². The van der Waals surface area contributed by atoms with Crippen LogP contribution in [0.5, 0.6) is 5.75 Å². The van der Waals surface area contributed by atoms with Crippen LogP contribution in [-0.4, -0.2) is 19.1 Å². The average Bonchev–Trinajstić information content (AvgIpc) is 2.45. The summed E-state index contributed by atoms with van der Waals surface area (Å²) in [6.07, 6.45) is 4.67. The standard InChI is InChI=1S/C16H24ClNO2/c1-3-5-7-13(4-2)11-18-16(19)12-20-15-9-6-8-14(17)10-15/h6,8-10,13H,3-5,7,11-12H2,1-2H3,(H,18,19). The third kappa shape index (κ3) is 6.80. The minimum Gasteiger partial charge on any atom is -0.484 e. The molecule has 1 amide bonds. The number of hydrogen-bond acceptors (Lipinski definition) is 2. The Morgan fingerprint density at radius 1 is 1.40 bits per heavy atom. The Morgan fingerprint density at radius 3 is 2.85 bits per heavy atom. The molecular formula is C16H24ClNO2. The molecule has 1 unspecified atom stereocenters. The van der Waals surface area contributed by atoms with Gasteiger partial charge in [-0.3, -0.25) is 4.79 Å². The molecule has 1 N–H and O–H groups in total. The van der Waals surface area contributed by atoms with Crippen LogP contribution in [0.2, 0.25) is 5.02 Å². The molecule has 0 fully saturated rings. The molecule has 0 saturated heterocycles. The second kappa shape index (κ2) is 9.65. The van der Waals surface area contributed by atoms with Gasteiger partial charge in [0.2, 0.25) is 0 Å². The van der Waals surface area contributed by atoms with Gasteiger partial charge in [0.1, 0.15) is 5.75 Å². The fourth-order valence-electron chi connectivity index (χ4n) is 1.96. The van der Waals surface area contributed by atoms with Crippen molar-refractivity contribution in [2.75, 3.05) is 13.2 Å². The molecule has 0 aromatic heterocycles. The number of amides is 1. The summed E-state index contributed by atoms with van der Waals surface area (Å²) in [7, 11) is 0. The molecule has 0 radical (unpaired) electrons. The predicted octanol–water partition coefficient (Wildman–Crippen LogP) is 4.05. The van der Waals surface area contributed by atoms with Crippen molar-refractivity contribution in [3.63, 3.8) is 0 Å². The van der Waals surface area contributed by atoms with Crippen LogP contribution in [0, 0.1) is 5.92 Å². The van der Waals surface area contributed by atoms with Gasteiger partial charge in [-0.05, 0) is 30.5 Å². The van der Waals surface area contributed by atoms with E-state index in [-0.39, 0.29) is 12.5 Å². The third-order valence-corrected chi connectivity index (χ3v) is 3.53. The lowest BCUT2D eigenvalue weighted by molar-refractivity contribution is -0.123. The number of carbonyl (C=O) groups excluding carboxylic acids is 1. The van der Waals surface area contributed by atoms with E-state index in [1.54, 1.807) is 24.3 Å². The number of hydrogen-bond donors (Lipinski definition) is 1. The van der Waals surface area contributed by atoms with Crippen LogP contribution in [0.15, 0.2) is 24.3 Å². The molecule has 0 aliphatic heterocycles. The fraction of sp³-hybridized carbons (Fsp3) is 0.562. The van der Waals surface area contributed by atoms with Crippen molar-refractivity contribution < 1.29 is 9.53 Å². The number of benzene rings is 1. The van der Waals surface area contributed by atoms with E-state index >= 15 is 0 Å². The van der Waals surface area contributed by atoms with Crippen molar-refractivity contribution in [1.82, 2.24) is 5.32 Å². The molecule has 1 aromatic rings. The molecule has 0 aliphatic carbocycles. The van der Waals surface area contributed by atoms with Crippen molar-refractivity contribution in [3.05, 3.63) is 29.3 Å². The van der Waals surface area contributed by atoms with Gasteiger partial charge in [-0.1, -0.05) is 50.8 Å². The monoisotopic (exact) mass is 297 g/mol. The van der Waals surface area contributed by atoms with Gasteiger partial charge >= 0.3 is 0 Å². The molecule has 4 heteroatoms. The van der Waals surface area contributed by atoms with E-state index in [0.717, 1.165) is 13.0 Å². The summed E-state index contributed by atoms with van der Waals surface area (Å²) in [5.41, 5.74) is 0. The van der Waals surface area contributed by atoms with Gasteiger partial charge in [-0.2, -0.15) is 0 Å². The third-order valence-electron chi connectivity index (χ3n) is 3.30. The minimum atomic E-state index is -0.0834. The normalized spacial score (nSPS) is 11.9. The summed E-state index contributed by atoms with van der Waals surface area (Å²) in [6.45, 7) is 5.11. The van der Waals surface area contributed by atoms with Crippen LogP contribution in [0.4, 0.5) is 0 Å². The molecule has 20 heavy (non-hydrogen) atoms. The summed E-state index contributed by atoms with van der Waals surface area (Å²) in [5.74, 6) is 1.09. The zero-order valence-corrected chi connectivity index (χ0v) is 13.1. The quantitative estimate of drug-likeness (QED) is 0.747. The van der Waals surface area contributed by atoms with Gasteiger partial charge < -0.3 is 10.1 Å². The Kier molecular flexibility index (Phi) is 8.12. The van der Waals surface area contributed by atoms with Gasteiger partial charge in [-0.25, -0.2) is 0 Å². The Morgan fingerprint density at radius 2 is 2.20 bits per heavy atom. The Labute approximate surface area is 126 Å². The first-order valence-electron chi connectivity index (χ1n) is 7.30. The van der Waals surface area contributed by atoms with E-state index in [2.05, 4.69) is 19.2 Å². The largest absolute Gasteiger partial charge is 0.484 e. The molecule has 3 nitrogen and oxygen atoms in total. The van der Waals surface area contributed by atoms with Gasteiger partial charge in [0.25, 0.3) is 5.91 Å². The molecule has 1 rings (SSSR count). The topological polar surface area (TPSA) is 38.3 Å². The number of nitrogens with one attached hydrogen (secondary N) is 1. The number of rotatable bonds is 9. The van der Waals surface area contributed by atoms with Crippen molar-refractivity contribution in [2.45, 2.75) is 39.5 Å². The molecule has 1 aromatic carbocycles. The van der Waals surface area contributed by atoms with Crippen LogP contribution in [0.25, 0.3) is 0 Å². The summed E-state index contributed by atoms with van der Waals surface area (Å²) in [4.78, 5) is 11.7. The first kappa shape index (κ1) is 16.8. The lowest BCUT2D eigenvalue weighted by Gasteiger charge is -2.15. The molecule has 0 saturated carbocycles. The van der Waals surface area contributed by atoms with E-state index in [1.165, 1.54) is 19.3 Å². The van der Waals surface area contributed by atoms with Crippen LogP contribution in [-0.2, 0) is 4.79 Å². The second-order valence-corrected chi connectivity index (χ2v) is 5.40. The highest BCUT2D eigenvalue weighted by atomic mass is 35.5. The second-order valence-electron chi connectivity index (χ2n) is 4.97. The van der Waals surface area contributed by atoms with E-state index in [9.17, 15) is 4.79 Å². The summed E-state index contributed by atoms with van der Waals surface area (Å²) < 4.78 is 5.40.